The van der Waals surface area contributed by atoms with E-state index < -0.39 is 0 Å². The maximum Gasteiger partial charge on any atom is 0.110 e. The van der Waals surface area contributed by atoms with Crippen molar-refractivity contribution in [1.29, 1.82) is 0 Å². The van der Waals surface area contributed by atoms with Gasteiger partial charge in [-0.25, -0.2) is 4.98 Å². The van der Waals surface area contributed by atoms with Crippen molar-refractivity contribution in [2.24, 2.45) is 11.7 Å². The largest absolute Gasteiger partial charge is 0.328 e. The van der Waals surface area contributed by atoms with E-state index in [0.717, 1.165) is 24.3 Å². The molecule has 1 heterocycles. The maximum absolute atomic E-state index is 5.93. The monoisotopic (exact) mass is 231 g/mol. The van der Waals surface area contributed by atoms with Gasteiger partial charge in [0.1, 0.15) is 5.82 Å². The third kappa shape index (κ3) is 2.34. The first kappa shape index (κ1) is 12.1. The standard InChI is InChI=1S/C14H21N3/c1-4-17-13-8-6-5-7-12(13)16-14(17)9-10(2)11(3)15/h5-8,10-11H,4,9,15H2,1-3H3. The molecule has 0 aliphatic heterocycles. The van der Waals surface area contributed by atoms with Gasteiger partial charge in [-0.1, -0.05) is 19.1 Å². The van der Waals surface area contributed by atoms with Gasteiger partial charge in [0.25, 0.3) is 0 Å². The SMILES string of the molecule is CCn1c(CC(C)C(C)N)nc2ccccc21. The second-order valence-corrected chi connectivity index (χ2v) is 4.80. The maximum atomic E-state index is 5.93. The molecule has 2 atom stereocenters. The average molecular weight is 231 g/mol. The molecule has 3 nitrogen and oxygen atoms in total. The Balaban J connectivity index is 2.39. The van der Waals surface area contributed by atoms with Gasteiger partial charge in [-0.15, -0.1) is 0 Å². The van der Waals surface area contributed by atoms with Crippen LogP contribution in [0.25, 0.3) is 11.0 Å². The highest BCUT2D eigenvalue weighted by Crippen LogP contribution is 2.18. The van der Waals surface area contributed by atoms with Crippen molar-refractivity contribution in [1.82, 2.24) is 9.55 Å². The molecule has 0 saturated carbocycles. The molecular formula is C14H21N3. The summed E-state index contributed by atoms with van der Waals surface area (Å²) in [4.78, 5) is 4.71. The summed E-state index contributed by atoms with van der Waals surface area (Å²) in [5, 5.41) is 0. The van der Waals surface area contributed by atoms with Crippen LogP contribution in [0.1, 0.15) is 26.6 Å². The molecule has 2 rings (SSSR count). The van der Waals surface area contributed by atoms with Gasteiger partial charge in [-0.3, -0.25) is 0 Å². The molecule has 0 spiro atoms. The number of imidazole rings is 1. The van der Waals surface area contributed by atoms with Crippen LogP contribution in [0, 0.1) is 5.92 Å². The Hall–Kier alpha value is -1.35. The summed E-state index contributed by atoms with van der Waals surface area (Å²) in [5.41, 5.74) is 8.24. The highest BCUT2D eigenvalue weighted by atomic mass is 15.1. The molecule has 0 bridgehead atoms. The number of aromatic nitrogens is 2. The summed E-state index contributed by atoms with van der Waals surface area (Å²) in [5.74, 6) is 1.61. The Morgan fingerprint density at radius 2 is 2.00 bits per heavy atom. The minimum Gasteiger partial charge on any atom is -0.328 e. The smallest absolute Gasteiger partial charge is 0.110 e. The minimum atomic E-state index is 0.208. The molecule has 0 saturated heterocycles. The van der Waals surface area contributed by atoms with Crippen molar-refractivity contribution in [3.8, 4) is 0 Å². The number of para-hydroxylation sites is 2. The lowest BCUT2D eigenvalue weighted by Crippen LogP contribution is -2.26. The number of hydrogen-bond acceptors (Lipinski definition) is 2. The molecule has 0 aliphatic carbocycles. The predicted molar refractivity (Wildman–Crippen MR) is 71.9 cm³/mol. The van der Waals surface area contributed by atoms with Crippen molar-refractivity contribution in [2.75, 3.05) is 0 Å². The molecule has 0 aliphatic rings. The fourth-order valence-electron chi connectivity index (χ4n) is 2.11. The molecule has 2 aromatic rings. The Morgan fingerprint density at radius 3 is 2.65 bits per heavy atom. The highest BCUT2D eigenvalue weighted by Gasteiger charge is 2.14. The number of nitrogens with two attached hydrogens (primary N) is 1. The average Bonchev–Trinajstić information content (AvgIpc) is 2.65. The minimum absolute atomic E-state index is 0.208. The van der Waals surface area contributed by atoms with Crippen LogP contribution in [0.2, 0.25) is 0 Å². The Morgan fingerprint density at radius 1 is 1.29 bits per heavy atom. The van der Waals surface area contributed by atoms with E-state index in [0.29, 0.717) is 5.92 Å². The van der Waals surface area contributed by atoms with Crippen LogP contribution < -0.4 is 5.73 Å². The van der Waals surface area contributed by atoms with Crippen LogP contribution >= 0.6 is 0 Å². The third-order valence-corrected chi connectivity index (χ3v) is 3.45. The molecule has 3 heteroatoms. The predicted octanol–water partition coefficient (Wildman–Crippen LogP) is 2.58. The molecule has 0 fully saturated rings. The van der Waals surface area contributed by atoms with Gasteiger partial charge in [0, 0.05) is 19.0 Å². The van der Waals surface area contributed by atoms with Crippen molar-refractivity contribution >= 4 is 11.0 Å². The van der Waals surface area contributed by atoms with Crippen LogP contribution in [0.4, 0.5) is 0 Å². The Kier molecular flexibility index (Phi) is 3.48. The topological polar surface area (TPSA) is 43.8 Å². The van der Waals surface area contributed by atoms with Crippen molar-refractivity contribution in [3.05, 3.63) is 30.1 Å². The van der Waals surface area contributed by atoms with E-state index >= 15 is 0 Å². The number of rotatable bonds is 4. The summed E-state index contributed by atoms with van der Waals surface area (Å²) in [6.45, 7) is 7.36. The van der Waals surface area contributed by atoms with Crippen LogP contribution in [0.15, 0.2) is 24.3 Å². The number of fused-ring (bicyclic) bond motifs is 1. The molecule has 92 valence electrons. The number of aryl methyl sites for hydroxylation is 1. The molecule has 2 unspecified atom stereocenters. The quantitative estimate of drug-likeness (QED) is 0.879. The summed E-state index contributed by atoms with van der Waals surface area (Å²) in [7, 11) is 0. The Labute approximate surface area is 103 Å². The lowest BCUT2D eigenvalue weighted by atomic mass is 10.0. The van der Waals surface area contributed by atoms with Crippen molar-refractivity contribution in [2.45, 2.75) is 39.8 Å². The third-order valence-electron chi connectivity index (χ3n) is 3.45. The summed E-state index contributed by atoms with van der Waals surface area (Å²) in [6.07, 6.45) is 0.945. The summed E-state index contributed by atoms with van der Waals surface area (Å²) < 4.78 is 2.29. The first-order valence-corrected chi connectivity index (χ1v) is 6.33. The van der Waals surface area contributed by atoms with Gasteiger partial charge in [0.05, 0.1) is 11.0 Å². The first-order valence-electron chi connectivity index (χ1n) is 6.33. The summed E-state index contributed by atoms with van der Waals surface area (Å²) >= 11 is 0. The molecular weight excluding hydrogens is 210 g/mol. The van der Waals surface area contributed by atoms with E-state index in [2.05, 4.69) is 43.5 Å². The normalized spacial score (nSPS) is 15.1. The fraction of sp³-hybridized carbons (Fsp3) is 0.500. The zero-order chi connectivity index (χ0) is 12.4. The lowest BCUT2D eigenvalue weighted by molar-refractivity contribution is 0.463. The van der Waals surface area contributed by atoms with Crippen LogP contribution in [0.3, 0.4) is 0 Å². The number of benzene rings is 1. The van der Waals surface area contributed by atoms with Crippen LogP contribution in [0.5, 0.6) is 0 Å². The molecule has 17 heavy (non-hydrogen) atoms. The highest BCUT2D eigenvalue weighted by molar-refractivity contribution is 5.75. The van der Waals surface area contributed by atoms with Gasteiger partial charge in [0.15, 0.2) is 0 Å². The lowest BCUT2D eigenvalue weighted by Gasteiger charge is -2.15. The molecule has 1 aromatic heterocycles. The van der Waals surface area contributed by atoms with Crippen molar-refractivity contribution in [3.63, 3.8) is 0 Å². The van der Waals surface area contributed by atoms with E-state index in [9.17, 15) is 0 Å². The van der Waals surface area contributed by atoms with Gasteiger partial charge in [0.2, 0.25) is 0 Å². The van der Waals surface area contributed by atoms with E-state index in [1.807, 2.05) is 6.07 Å². The summed E-state index contributed by atoms with van der Waals surface area (Å²) in [6, 6.07) is 8.51. The van der Waals surface area contributed by atoms with Gasteiger partial charge in [-0.05, 0) is 31.9 Å². The number of nitrogens with zero attached hydrogens (tertiary/aromatic N) is 2. The van der Waals surface area contributed by atoms with E-state index in [-0.39, 0.29) is 6.04 Å². The zero-order valence-corrected chi connectivity index (χ0v) is 10.9. The van der Waals surface area contributed by atoms with E-state index in [1.165, 1.54) is 5.52 Å². The van der Waals surface area contributed by atoms with Gasteiger partial charge in [-0.2, -0.15) is 0 Å². The second-order valence-electron chi connectivity index (χ2n) is 4.80. The van der Waals surface area contributed by atoms with Crippen LogP contribution in [-0.4, -0.2) is 15.6 Å². The zero-order valence-electron chi connectivity index (χ0n) is 10.9. The Bertz CT molecular complexity index is 499. The molecule has 1 aromatic carbocycles. The second kappa shape index (κ2) is 4.88. The van der Waals surface area contributed by atoms with Crippen LogP contribution in [-0.2, 0) is 13.0 Å². The number of hydrogen-bond donors (Lipinski definition) is 1. The molecule has 0 amide bonds. The van der Waals surface area contributed by atoms with Crippen molar-refractivity contribution < 1.29 is 0 Å². The molecule has 0 radical (unpaired) electrons. The van der Waals surface area contributed by atoms with Gasteiger partial charge >= 0.3 is 0 Å². The van der Waals surface area contributed by atoms with E-state index in [1.54, 1.807) is 0 Å². The molecule has 2 N–H and O–H groups in total. The first-order chi connectivity index (χ1) is 8.13. The van der Waals surface area contributed by atoms with E-state index in [4.69, 9.17) is 10.7 Å². The van der Waals surface area contributed by atoms with Gasteiger partial charge < -0.3 is 10.3 Å². The fourth-order valence-corrected chi connectivity index (χ4v) is 2.11.